The normalized spacial score (nSPS) is 17.9. The Morgan fingerprint density at radius 3 is 2.85 bits per heavy atom. The minimum atomic E-state index is -0.806. The number of aliphatic hydroxyl groups is 1. The Morgan fingerprint density at radius 1 is 1.45 bits per heavy atom. The molecule has 110 valence electrons. The van der Waals surface area contributed by atoms with Crippen molar-refractivity contribution in [3.63, 3.8) is 0 Å². The van der Waals surface area contributed by atoms with E-state index in [0.717, 1.165) is 13.1 Å². The molecule has 1 saturated heterocycles. The molecule has 0 spiro atoms. The minimum Gasteiger partial charge on any atom is -0.388 e. The lowest BCUT2D eigenvalue weighted by Crippen LogP contribution is -2.46. The van der Waals surface area contributed by atoms with E-state index in [1.807, 2.05) is 17.8 Å². The van der Waals surface area contributed by atoms with E-state index in [1.54, 1.807) is 6.07 Å². The third-order valence-electron chi connectivity index (χ3n) is 3.85. The van der Waals surface area contributed by atoms with Gasteiger partial charge in [0.1, 0.15) is 12.0 Å². The molecule has 0 unspecified atom stereocenters. The molecule has 0 atom stereocenters. The number of nitrogens with zero attached hydrogens (tertiary/aromatic N) is 3. The molecular formula is C13H19ClN4O2. The van der Waals surface area contributed by atoms with Gasteiger partial charge in [0.25, 0.3) is 5.56 Å². The van der Waals surface area contributed by atoms with Crippen LogP contribution >= 0.6 is 12.4 Å². The van der Waals surface area contributed by atoms with E-state index in [9.17, 15) is 9.90 Å². The average Bonchev–Trinajstić information content (AvgIpc) is 2.76. The zero-order valence-corrected chi connectivity index (χ0v) is 12.2. The van der Waals surface area contributed by atoms with Gasteiger partial charge in [-0.05, 0) is 32.0 Å². The van der Waals surface area contributed by atoms with Crippen LogP contribution in [0.5, 0.6) is 0 Å². The number of rotatable bonds is 2. The first kappa shape index (κ1) is 15.0. The van der Waals surface area contributed by atoms with Crippen LogP contribution in [0.2, 0.25) is 0 Å². The number of piperidine rings is 1. The number of halogens is 1. The van der Waals surface area contributed by atoms with Gasteiger partial charge in [-0.15, -0.1) is 12.4 Å². The largest absolute Gasteiger partial charge is 0.388 e. The number of aryl methyl sites for hydroxylation is 1. The fourth-order valence-corrected chi connectivity index (χ4v) is 2.66. The molecule has 0 aliphatic carbocycles. The predicted octanol–water partition coefficient (Wildman–Crippen LogP) is 0.271. The van der Waals surface area contributed by atoms with Gasteiger partial charge in [0.15, 0.2) is 0 Å². The molecule has 2 N–H and O–H groups in total. The third kappa shape index (κ3) is 2.59. The van der Waals surface area contributed by atoms with Crippen LogP contribution in [-0.4, -0.2) is 37.9 Å². The molecule has 0 bridgehead atoms. The third-order valence-corrected chi connectivity index (χ3v) is 3.85. The van der Waals surface area contributed by atoms with Crippen LogP contribution in [0.4, 0.5) is 0 Å². The maximum Gasteiger partial charge on any atom is 0.262 e. The predicted molar refractivity (Wildman–Crippen MR) is 79.3 cm³/mol. The lowest BCUT2D eigenvalue weighted by atomic mass is 9.92. The van der Waals surface area contributed by atoms with Crippen LogP contribution in [-0.2, 0) is 13.6 Å². The van der Waals surface area contributed by atoms with E-state index in [1.165, 1.54) is 10.9 Å². The number of hydrogen-bond acceptors (Lipinski definition) is 4. The first-order valence-corrected chi connectivity index (χ1v) is 6.53. The van der Waals surface area contributed by atoms with E-state index in [2.05, 4.69) is 10.3 Å². The number of nitrogens with one attached hydrogen (secondary N) is 1. The Morgan fingerprint density at radius 2 is 2.15 bits per heavy atom. The van der Waals surface area contributed by atoms with Gasteiger partial charge in [-0.2, -0.15) is 0 Å². The molecule has 1 aliphatic rings. The molecule has 0 aromatic carbocycles. The van der Waals surface area contributed by atoms with Crippen LogP contribution in [0.15, 0.2) is 23.4 Å². The fourth-order valence-electron chi connectivity index (χ4n) is 2.66. The summed E-state index contributed by atoms with van der Waals surface area (Å²) in [5.41, 5.74) is -0.213. The Hall–Kier alpha value is -1.37. The van der Waals surface area contributed by atoms with E-state index < -0.39 is 5.60 Å². The summed E-state index contributed by atoms with van der Waals surface area (Å²) in [6, 6.07) is 1.77. The van der Waals surface area contributed by atoms with Gasteiger partial charge in [-0.1, -0.05) is 0 Å². The number of aromatic nitrogens is 3. The Kier molecular flexibility index (Phi) is 4.17. The van der Waals surface area contributed by atoms with Crippen molar-refractivity contribution in [2.24, 2.45) is 7.05 Å². The van der Waals surface area contributed by atoms with E-state index in [-0.39, 0.29) is 18.0 Å². The zero-order valence-electron chi connectivity index (χ0n) is 11.4. The molecule has 3 heterocycles. The van der Waals surface area contributed by atoms with Gasteiger partial charge in [0, 0.05) is 13.2 Å². The lowest BCUT2D eigenvalue weighted by molar-refractivity contribution is -0.00627. The molecule has 0 saturated carbocycles. The summed E-state index contributed by atoms with van der Waals surface area (Å²) in [7, 11) is 1.86. The topological polar surface area (TPSA) is 72.1 Å². The second-order valence-corrected chi connectivity index (χ2v) is 5.32. The van der Waals surface area contributed by atoms with Gasteiger partial charge in [-0.3, -0.25) is 9.36 Å². The van der Waals surface area contributed by atoms with Gasteiger partial charge < -0.3 is 15.0 Å². The summed E-state index contributed by atoms with van der Waals surface area (Å²) in [5, 5.41) is 14.3. The second-order valence-electron chi connectivity index (χ2n) is 5.32. The molecule has 2 aromatic heterocycles. The van der Waals surface area contributed by atoms with E-state index in [4.69, 9.17) is 0 Å². The van der Waals surface area contributed by atoms with Crippen molar-refractivity contribution in [2.45, 2.75) is 25.0 Å². The first-order chi connectivity index (χ1) is 9.09. The molecular weight excluding hydrogens is 280 g/mol. The van der Waals surface area contributed by atoms with Gasteiger partial charge in [0.05, 0.1) is 17.5 Å². The van der Waals surface area contributed by atoms with Crippen molar-refractivity contribution in [1.29, 1.82) is 0 Å². The number of hydrogen-bond donors (Lipinski definition) is 2. The van der Waals surface area contributed by atoms with Gasteiger partial charge >= 0.3 is 0 Å². The molecule has 1 aliphatic heterocycles. The molecule has 20 heavy (non-hydrogen) atoms. The molecule has 0 radical (unpaired) electrons. The van der Waals surface area contributed by atoms with Gasteiger partial charge in [0.2, 0.25) is 0 Å². The Labute approximate surface area is 122 Å². The molecule has 1 fully saturated rings. The summed E-state index contributed by atoms with van der Waals surface area (Å²) in [5.74, 6) is 0. The van der Waals surface area contributed by atoms with Crippen molar-refractivity contribution >= 4 is 23.4 Å². The SMILES string of the molecule is Cl.Cn1ccc2c(=O)n(CC3(O)CCNCC3)cnc21. The van der Waals surface area contributed by atoms with Crippen LogP contribution in [0, 0.1) is 0 Å². The monoisotopic (exact) mass is 298 g/mol. The van der Waals surface area contributed by atoms with Crippen LogP contribution in [0.1, 0.15) is 12.8 Å². The van der Waals surface area contributed by atoms with Crippen molar-refractivity contribution < 1.29 is 5.11 Å². The van der Waals surface area contributed by atoms with Crippen molar-refractivity contribution in [3.05, 3.63) is 28.9 Å². The highest BCUT2D eigenvalue weighted by Crippen LogP contribution is 2.19. The highest BCUT2D eigenvalue weighted by atomic mass is 35.5. The van der Waals surface area contributed by atoms with E-state index >= 15 is 0 Å². The fraction of sp³-hybridized carbons (Fsp3) is 0.538. The summed E-state index contributed by atoms with van der Waals surface area (Å²) in [4.78, 5) is 16.6. The Bertz CT molecular complexity index is 658. The molecule has 2 aromatic rings. The smallest absolute Gasteiger partial charge is 0.262 e. The average molecular weight is 299 g/mol. The highest BCUT2D eigenvalue weighted by Gasteiger charge is 2.30. The standard InChI is InChI=1S/C13H18N4O2.ClH/c1-16-7-2-10-11(16)15-9-17(12(10)18)8-13(19)3-5-14-6-4-13;/h2,7,9,14,19H,3-6,8H2,1H3;1H. The molecule has 0 amide bonds. The highest BCUT2D eigenvalue weighted by molar-refractivity contribution is 5.85. The van der Waals surface area contributed by atoms with E-state index in [0.29, 0.717) is 30.4 Å². The maximum absolute atomic E-state index is 12.3. The molecule has 6 nitrogen and oxygen atoms in total. The minimum absolute atomic E-state index is 0. The van der Waals surface area contributed by atoms with Crippen LogP contribution in [0.25, 0.3) is 11.0 Å². The van der Waals surface area contributed by atoms with Gasteiger partial charge in [-0.25, -0.2) is 4.98 Å². The number of fused-ring (bicyclic) bond motifs is 1. The lowest BCUT2D eigenvalue weighted by Gasteiger charge is -2.32. The molecule has 3 rings (SSSR count). The summed E-state index contributed by atoms with van der Waals surface area (Å²) in [6.07, 6.45) is 4.67. The van der Waals surface area contributed by atoms with Crippen LogP contribution in [0.3, 0.4) is 0 Å². The Balaban J connectivity index is 0.00000147. The zero-order chi connectivity index (χ0) is 13.5. The first-order valence-electron chi connectivity index (χ1n) is 6.53. The summed E-state index contributed by atoms with van der Waals surface area (Å²) < 4.78 is 3.34. The maximum atomic E-state index is 12.3. The van der Waals surface area contributed by atoms with Crippen molar-refractivity contribution in [2.75, 3.05) is 13.1 Å². The second kappa shape index (κ2) is 5.55. The summed E-state index contributed by atoms with van der Waals surface area (Å²) in [6.45, 7) is 1.88. The quantitative estimate of drug-likeness (QED) is 0.835. The molecule has 7 heteroatoms. The van der Waals surface area contributed by atoms with Crippen molar-refractivity contribution in [1.82, 2.24) is 19.4 Å². The summed E-state index contributed by atoms with van der Waals surface area (Å²) >= 11 is 0. The van der Waals surface area contributed by atoms with Crippen LogP contribution < -0.4 is 10.9 Å². The van der Waals surface area contributed by atoms with Crippen molar-refractivity contribution in [3.8, 4) is 0 Å².